The molecule has 188 valence electrons. The minimum absolute atomic E-state index is 0.00233. The van der Waals surface area contributed by atoms with Gasteiger partial charge in [-0.3, -0.25) is 4.98 Å². The van der Waals surface area contributed by atoms with Gasteiger partial charge in [-0.1, -0.05) is 12.1 Å². The van der Waals surface area contributed by atoms with Crippen molar-refractivity contribution in [2.75, 3.05) is 25.0 Å². The van der Waals surface area contributed by atoms with Gasteiger partial charge in [0.25, 0.3) is 0 Å². The van der Waals surface area contributed by atoms with Crippen molar-refractivity contribution in [2.24, 2.45) is 0 Å². The van der Waals surface area contributed by atoms with Gasteiger partial charge in [0.2, 0.25) is 0 Å². The molecule has 1 atom stereocenters. The lowest BCUT2D eigenvalue weighted by Crippen LogP contribution is -2.43. The van der Waals surface area contributed by atoms with E-state index < -0.39 is 18.1 Å². The average molecular weight is 482 g/mol. The first-order valence-electron chi connectivity index (χ1n) is 12.6. The predicted molar refractivity (Wildman–Crippen MR) is 132 cm³/mol. The van der Waals surface area contributed by atoms with Crippen molar-refractivity contribution < 1.29 is 19.4 Å². The summed E-state index contributed by atoms with van der Waals surface area (Å²) in [5, 5.41) is 15.5. The molecule has 2 aromatic heterocycles. The Morgan fingerprint density at radius 3 is 2.83 bits per heavy atom. The summed E-state index contributed by atoms with van der Waals surface area (Å²) in [4.78, 5) is 35.0. The Kier molecular flexibility index (Phi) is 8.89. The molecule has 1 aliphatic carbocycles. The number of aromatic nitrogens is 2. The molecule has 9 heteroatoms. The number of rotatable bonds is 13. The molecule has 0 saturated heterocycles. The van der Waals surface area contributed by atoms with Gasteiger partial charge in [-0.15, -0.1) is 0 Å². The summed E-state index contributed by atoms with van der Waals surface area (Å²) in [5.74, 6) is -0.0123. The maximum atomic E-state index is 12.1. The molecule has 3 heterocycles. The second-order valence-electron chi connectivity index (χ2n) is 9.29. The molecule has 1 saturated carbocycles. The first kappa shape index (κ1) is 24.9. The van der Waals surface area contributed by atoms with Gasteiger partial charge in [0.15, 0.2) is 0 Å². The maximum absolute atomic E-state index is 12.1. The molecular weight excluding hydrogens is 446 g/mol. The number of nitrogens with zero attached hydrogens (tertiary/aromatic N) is 3. The fourth-order valence-corrected chi connectivity index (χ4v) is 4.40. The Morgan fingerprint density at radius 1 is 1.17 bits per heavy atom. The third-order valence-electron chi connectivity index (χ3n) is 6.52. The van der Waals surface area contributed by atoms with Gasteiger partial charge in [0.05, 0.1) is 5.69 Å². The number of aryl methyl sites for hydroxylation is 2. The number of carboxylic acid groups (broad SMARTS) is 1. The molecular formula is C26H35N5O4. The van der Waals surface area contributed by atoms with E-state index in [2.05, 4.69) is 32.7 Å². The molecule has 0 bridgehead atoms. The monoisotopic (exact) mass is 481 g/mol. The van der Waals surface area contributed by atoms with Crippen LogP contribution in [0.15, 0.2) is 36.5 Å². The van der Waals surface area contributed by atoms with Crippen molar-refractivity contribution in [2.45, 2.75) is 70.1 Å². The summed E-state index contributed by atoms with van der Waals surface area (Å²) in [6.45, 7) is 2.55. The molecule has 1 amide bonds. The van der Waals surface area contributed by atoms with E-state index >= 15 is 0 Å². The minimum Gasteiger partial charge on any atom is -0.480 e. The van der Waals surface area contributed by atoms with Crippen LogP contribution in [0.2, 0.25) is 0 Å². The van der Waals surface area contributed by atoms with Crippen LogP contribution < -0.4 is 10.6 Å². The predicted octanol–water partition coefficient (Wildman–Crippen LogP) is 3.39. The van der Waals surface area contributed by atoms with Crippen LogP contribution in [0.4, 0.5) is 10.6 Å². The van der Waals surface area contributed by atoms with Crippen LogP contribution >= 0.6 is 0 Å². The molecule has 0 radical (unpaired) electrons. The van der Waals surface area contributed by atoms with Crippen molar-refractivity contribution in [3.63, 3.8) is 0 Å². The minimum atomic E-state index is -1.05. The highest BCUT2D eigenvalue weighted by atomic mass is 16.5. The highest BCUT2D eigenvalue weighted by molar-refractivity contribution is 5.79. The van der Waals surface area contributed by atoms with E-state index in [-0.39, 0.29) is 6.61 Å². The number of anilines is 1. The number of carbonyl (C=O) groups excluding carboxylic acids is 1. The topological polar surface area (TPSA) is 117 Å². The highest BCUT2D eigenvalue weighted by Crippen LogP contribution is 2.27. The zero-order valence-corrected chi connectivity index (χ0v) is 20.1. The van der Waals surface area contributed by atoms with E-state index in [0.29, 0.717) is 24.7 Å². The summed E-state index contributed by atoms with van der Waals surface area (Å²) in [7, 11) is 0. The van der Waals surface area contributed by atoms with E-state index in [4.69, 9.17) is 9.72 Å². The van der Waals surface area contributed by atoms with Crippen LogP contribution in [0.5, 0.6) is 0 Å². The number of unbranched alkanes of at least 4 members (excludes halogenated alkanes) is 1. The maximum Gasteiger partial charge on any atom is 0.408 e. The van der Waals surface area contributed by atoms with Crippen molar-refractivity contribution in [3.05, 3.63) is 53.5 Å². The number of amides is 1. The fourth-order valence-electron chi connectivity index (χ4n) is 4.40. The molecule has 4 rings (SSSR count). The second-order valence-corrected chi connectivity index (χ2v) is 9.29. The van der Waals surface area contributed by atoms with Gasteiger partial charge < -0.3 is 25.4 Å². The SMILES string of the molecule is O=C(NC(CCN(CCCCc1ccc2c(n1)NCCC2)C1CC1)C(=O)O)OCc1ccccn1. The number of pyridine rings is 2. The lowest BCUT2D eigenvalue weighted by molar-refractivity contribution is -0.139. The smallest absolute Gasteiger partial charge is 0.408 e. The molecule has 0 spiro atoms. The molecule has 9 nitrogen and oxygen atoms in total. The summed E-state index contributed by atoms with van der Waals surface area (Å²) >= 11 is 0. The Hall–Kier alpha value is -3.20. The first-order valence-corrected chi connectivity index (χ1v) is 12.6. The number of carbonyl (C=O) groups is 2. The van der Waals surface area contributed by atoms with Crippen LogP contribution in [0.1, 0.15) is 55.5 Å². The van der Waals surface area contributed by atoms with Gasteiger partial charge in [0, 0.05) is 31.0 Å². The normalized spacial score (nSPS) is 15.7. The van der Waals surface area contributed by atoms with E-state index in [1.165, 1.54) is 5.56 Å². The van der Waals surface area contributed by atoms with Crippen molar-refractivity contribution >= 4 is 17.9 Å². The summed E-state index contributed by atoms with van der Waals surface area (Å²) < 4.78 is 5.13. The number of fused-ring (bicyclic) bond motifs is 1. The zero-order chi connectivity index (χ0) is 24.5. The molecule has 1 unspecified atom stereocenters. The Labute approximate surface area is 206 Å². The molecule has 3 N–H and O–H groups in total. The average Bonchev–Trinajstić information content (AvgIpc) is 3.72. The number of hydrogen-bond donors (Lipinski definition) is 3. The third-order valence-corrected chi connectivity index (χ3v) is 6.52. The largest absolute Gasteiger partial charge is 0.480 e. The van der Waals surface area contributed by atoms with Crippen LogP contribution in [0, 0.1) is 0 Å². The van der Waals surface area contributed by atoms with Gasteiger partial charge in [0.1, 0.15) is 18.5 Å². The number of ether oxygens (including phenoxy) is 1. The van der Waals surface area contributed by atoms with Gasteiger partial charge >= 0.3 is 12.1 Å². The lowest BCUT2D eigenvalue weighted by atomic mass is 10.1. The number of nitrogens with one attached hydrogen (secondary N) is 2. The Morgan fingerprint density at radius 2 is 2.06 bits per heavy atom. The van der Waals surface area contributed by atoms with Crippen LogP contribution in [0.3, 0.4) is 0 Å². The van der Waals surface area contributed by atoms with E-state index in [9.17, 15) is 14.7 Å². The number of hydrogen-bond acceptors (Lipinski definition) is 7. The van der Waals surface area contributed by atoms with E-state index in [1.807, 2.05) is 0 Å². The van der Waals surface area contributed by atoms with Crippen molar-refractivity contribution in [1.82, 2.24) is 20.2 Å². The van der Waals surface area contributed by atoms with Gasteiger partial charge in [-0.05, 0) is 81.7 Å². The highest BCUT2D eigenvalue weighted by Gasteiger charge is 2.30. The zero-order valence-electron chi connectivity index (χ0n) is 20.1. The quantitative estimate of drug-likeness (QED) is 0.373. The molecule has 1 fully saturated rings. The van der Waals surface area contributed by atoms with Crippen LogP contribution in [-0.4, -0.2) is 63.8 Å². The number of aliphatic carboxylic acids is 1. The van der Waals surface area contributed by atoms with E-state index in [1.54, 1.807) is 24.4 Å². The van der Waals surface area contributed by atoms with Crippen LogP contribution in [0.25, 0.3) is 0 Å². The van der Waals surface area contributed by atoms with Crippen molar-refractivity contribution in [3.8, 4) is 0 Å². The fraction of sp³-hybridized carbons (Fsp3) is 0.538. The summed E-state index contributed by atoms with van der Waals surface area (Å²) in [6, 6.07) is 9.19. The van der Waals surface area contributed by atoms with Crippen LogP contribution in [-0.2, 0) is 29.0 Å². The molecule has 35 heavy (non-hydrogen) atoms. The second kappa shape index (κ2) is 12.5. The first-order chi connectivity index (χ1) is 17.1. The van der Waals surface area contributed by atoms with Gasteiger partial charge in [-0.2, -0.15) is 0 Å². The lowest BCUT2D eigenvalue weighted by Gasteiger charge is -2.24. The van der Waals surface area contributed by atoms with Gasteiger partial charge in [-0.25, -0.2) is 14.6 Å². The Balaban J connectivity index is 1.18. The summed E-state index contributed by atoms with van der Waals surface area (Å²) in [5.41, 5.74) is 3.04. The third kappa shape index (κ3) is 7.92. The number of carboxylic acids is 1. The molecule has 0 aromatic carbocycles. The Bertz CT molecular complexity index is 983. The molecule has 1 aliphatic heterocycles. The number of alkyl carbamates (subject to hydrolysis) is 1. The standard InChI is InChI=1S/C26H35N5O4/c32-25(33)23(30-26(34)35-18-21-8-1-3-14-27-21)13-17-31(22-11-12-22)16-4-2-7-20-10-9-19-6-5-15-28-24(19)29-20/h1,3,8-10,14,22-23H,2,4-7,11-13,15-18H2,(H,28,29)(H,30,34)(H,32,33). The van der Waals surface area contributed by atoms with Crippen molar-refractivity contribution in [1.29, 1.82) is 0 Å². The molecule has 2 aromatic rings. The van der Waals surface area contributed by atoms with E-state index in [0.717, 1.165) is 69.5 Å². The molecule has 2 aliphatic rings. The summed E-state index contributed by atoms with van der Waals surface area (Å²) in [6.07, 6.45) is 8.77.